The lowest BCUT2D eigenvalue weighted by Crippen LogP contribution is -2.27. The Balaban J connectivity index is 1.70. The molecule has 0 spiro atoms. The van der Waals surface area contributed by atoms with Crippen LogP contribution in [0.3, 0.4) is 0 Å². The van der Waals surface area contributed by atoms with E-state index in [0.717, 1.165) is 17.7 Å². The van der Waals surface area contributed by atoms with Gasteiger partial charge in [0.1, 0.15) is 5.75 Å². The third-order valence-electron chi connectivity index (χ3n) is 6.02. The standard InChI is InChI=1S/C29H29F3N4O4/c1-6-39-26(37)16-40-19-9-10-21(29(30,31)32)20(14-19)22-11-12-25-33-24(15-36(25)35-22)18-8-7-17(2)23(13-18)34-27(38)28(3,4)5/h7-15H,6,16H2,1-5H3,(H,34,38). The highest BCUT2D eigenvalue weighted by atomic mass is 19.4. The van der Waals surface area contributed by atoms with Crippen LogP contribution in [0.5, 0.6) is 5.75 Å². The molecular formula is C29H29F3N4O4. The molecular weight excluding hydrogens is 525 g/mol. The smallest absolute Gasteiger partial charge is 0.417 e. The molecule has 4 rings (SSSR count). The number of imidazole rings is 1. The van der Waals surface area contributed by atoms with Crippen molar-refractivity contribution in [3.8, 4) is 28.3 Å². The fraction of sp³-hybridized carbons (Fsp3) is 0.310. The minimum atomic E-state index is -4.65. The largest absolute Gasteiger partial charge is 0.482 e. The highest BCUT2D eigenvalue weighted by Gasteiger charge is 2.34. The summed E-state index contributed by atoms with van der Waals surface area (Å²) < 4.78 is 53.1. The Labute approximate surface area is 229 Å². The molecule has 0 saturated carbocycles. The van der Waals surface area contributed by atoms with Crippen LogP contribution >= 0.6 is 0 Å². The number of rotatable bonds is 7. The number of benzene rings is 2. The van der Waals surface area contributed by atoms with E-state index in [1.165, 1.54) is 16.6 Å². The van der Waals surface area contributed by atoms with Gasteiger partial charge in [-0.15, -0.1) is 0 Å². The first-order chi connectivity index (χ1) is 18.8. The van der Waals surface area contributed by atoms with Crippen LogP contribution in [0.2, 0.25) is 0 Å². The molecule has 0 atom stereocenters. The number of carbonyl (C=O) groups is 2. The van der Waals surface area contributed by atoms with Gasteiger partial charge in [0.25, 0.3) is 0 Å². The second-order valence-corrected chi connectivity index (χ2v) is 10.2. The van der Waals surface area contributed by atoms with Crippen molar-refractivity contribution in [1.29, 1.82) is 0 Å². The van der Waals surface area contributed by atoms with Crippen molar-refractivity contribution in [2.24, 2.45) is 5.41 Å². The molecule has 1 N–H and O–H groups in total. The van der Waals surface area contributed by atoms with Gasteiger partial charge in [-0.1, -0.05) is 32.9 Å². The van der Waals surface area contributed by atoms with E-state index in [9.17, 15) is 22.8 Å². The zero-order valence-electron chi connectivity index (χ0n) is 22.7. The maximum Gasteiger partial charge on any atom is 0.417 e. The van der Waals surface area contributed by atoms with Gasteiger partial charge >= 0.3 is 12.1 Å². The Morgan fingerprint density at radius 2 is 1.75 bits per heavy atom. The summed E-state index contributed by atoms with van der Waals surface area (Å²) in [4.78, 5) is 28.7. The Bertz CT molecular complexity index is 1570. The van der Waals surface area contributed by atoms with Crippen molar-refractivity contribution in [2.75, 3.05) is 18.5 Å². The predicted octanol–water partition coefficient (Wildman–Crippen LogP) is 6.32. The van der Waals surface area contributed by atoms with Gasteiger partial charge in [-0.3, -0.25) is 4.79 Å². The van der Waals surface area contributed by atoms with Crippen molar-refractivity contribution in [3.63, 3.8) is 0 Å². The van der Waals surface area contributed by atoms with Gasteiger partial charge in [0.2, 0.25) is 5.91 Å². The van der Waals surface area contributed by atoms with Gasteiger partial charge < -0.3 is 14.8 Å². The van der Waals surface area contributed by atoms with Crippen LogP contribution in [0.1, 0.15) is 38.8 Å². The summed E-state index contributed by atoms with van der Waals surface area (Å²) in [5, 5.41) is 7.33. The number of anilines is 1. The molecule has 2 aromatic carbocycles. The van der Waals surface area contributed by atoms with E-state index in [1.54, 1.807) is 25.3 Å². The number of halogens is 3. The van der Waals surface area contributed by atoms with Gasteiger partial charge in [0.05, 0.1) is 29.8 Å². The zero-order chi connectivity index (χ0) is 29.2. The monoisotopic (exact) mass is 554 g/mol. The van der Waals surface area contributed by atoms with Crippen molar-refractivity contribution in [1.82, 2.24) is 14.6 Å². The molecule has 4 aromatic rings. The van der Waals surface area contributed by atoms with E-state index in [-0.39, 0.29) is 29.5 Å². The van der Waals surface area contributed by atoms with Crippen LogP contribution in [0.4, 0.5) is 18.9 Å². The van der Waals surface area contributed by atoms with Gasteiger partial charge in [-0.2, -0.15) is 18.3 Å². The molecule has 0 aliphatic rings. The number of nitrogens with one attached hydrogen (secondary N) is 1. The number of aromatic nitrogens is 3. The number of hydrogen-bond acceptors (Lipinski definition) is 6. The van der Waals surface area contributed by atoms with Crippen LogP contribution in [0.15, 0.2) is 54.7 Å². The van der Waals surface area contributed by atoms with Gasteiger partial charge in [0.15, 0.2) is 12.3 Å². The molecule has 0 aliphatic heterocycles. The summed E-state index contributed by atoms with van der Waals surface area (Å²) in [6.45, 7) is 8.69. The molecule has 0 bridgehead atoms. The number of aryl methyl sites for hydroxylation is 1. The van der Waals surface area contributed by atoms with Crippen molar-refractivity contribution >= 4 is 23.2 Å². The minimum Gasteiger partial charge on any atom is -0.482 e. The Morgan fingerprint density at radius 3 is 2.42 bits per heavy atom. The van der Waals surface area contributed by atoms with Crippen molar-refractivity contribution < 1.29 is 32.2 Å². The lowest BCUT2D eigenvalue weighted by molar-refractivity contribution is -0.145. The minimum absolute atomic E-state index is 0.0346. The first-order valence-electron chi connectivity index (χ1n) is 12.5. The third kappa shape index (κ3) is 6.41. The topological polar surface area (TPSA) is 94.8 Å². The van der Waals surface area contributed by atoms with Crippen LogP contribution < -0.4 is 10.1 Å². The van der Waals surface area contributed by atoms with E-state index < -0.39 is 29.7 Å². The van der Waals surface area contributed by atoms with Crippen LogP contribution in [0, 0.1) is 12.3 Å². The number of hydrogen-bond donors (Lipinski definition) is 1. The molecule has 0 fully saturated rings. The fourth-order valence-electron chi connectivity index (χ4n) is 3.81. The van der Waals surface area contributed by atoms with Crippen LogP contribution in [-0.4, -0.2) is 39.7 Å². The quantitative estimate of drug-likeness (QED) is 0.269. The van der Waals surface area contributed by atoms with E-state index in [2.05, 4.69) is 15.4 Å². The normalized spacial score (nSPS) is 11.9. The molecule has 2 aromatic heterocycles. The average molecular weight is 555 g/mol. The maximum absolute atomic E-state index is 13.9. The summed E-state index contributed by atoms with van der Waals surface area (Å²) in [6, 6.07) is 11.7. The molecule has 0 unspecified atom stereocenters. The molecule has 210 valence electrons. The molecule has 1 amide bonds. The van der Waals surface area contributed by atoms with Crippen LogP contribution in [-0.2, 0) is 20.5 Å². The molecule has 0 saturated heterocycles. The van der Waals surface area contributed by atoms with Crippen LogP contribution in [0.25, 0.3) is 28.2 Å². The summed E-state index contributed by atoms with van der Waals surface area (Å²) in [5.74, 6) is -0.705. The SMILES string of the molecule is CCOC(=O)COc1ccc(C(F)(F)F)c(-c2ccc3nc(-c4ccc(C)c(NC(=O)C(C)(C)C)c4)cn3n2)c1. The lowest BCUT2D eigenvalue weighted by atomic mass is 9.95. The molecule has 0 radical (unpaired) electrons. The van der Waals surface area contributed by atoms with Gasteiger partial charge in [-0.05, 0) is 55.8 Å². The average Bonchev–Trinajstić information content (AvgIpc) is 3.31. The summed E-state index contributed by atoms with van der Waals surface area (Å²) in [6.07, 6.45) is -3.05. The van der Waals surface area contributed by atoms with E-state index in [0.29, 0.717) is 22.6 Å². The fourth-order valence-corrected chi connectivity index (χ4v) is 3.81. The predicted molar refractivity (Wildman–Crippen MR) is 144 cm³/mol. The second-order valence-electron chi connectivity index (χ2n) is 10.2. The zero-order valence-corrected chi connectivity index (χ0v) is 22.7. The first-order valence-corrected chi connectivity index (χ1v) is 12.5. The third-order valence-corrected chi connectivity index (χ3v) is 6.02. The highest BCUT2D eigenvalue weighted by Crippen LogP contribution is 2.38. The maximum atomic E-state index is 13.9. The Morgan fingerprint density at radius 1 is 1.00 bits per heavy atom. The summed E-state index contributed by atoms with van der Waals surface area (Å²) in [5.41, 5.74) is 1.49. The number of carbonyl (C=O) groups excluding carboxylic acids is 2. The molecule has 0 aliphatic carbocycles. The molecule has 2 heterocycles. The molecule has 40 heavy (non-hydrogen) atoms. The number of alkyl halides is 3. The lowest BCUT2D eigenvalue weighted by Gasteiger charge is -2.19. The van der Waals surface area contributed by atoms with Crippen molar-refractivity contribution in [3.05, 3.63) is 65.9 Å². The van der Waals surface area contributed by atoms with Gasteiger partial charge in [0, 0.05) is 22.2 Å². The van der Waals surface area contributed by atoms with E-state index in [1.807, 2.05) is 39.8 Å². The number of fused-ring (bicyclic) bond motifs is 1. The molecule has 8 nitrogen and oxygen atoms in total. The number of amides is 1. The Hall–Kier alpha value is -4.41. The summed E-state index contributed by atoms with van der Waals surface area (Å²) >= 11 is 0. The Kier molecular flexibility index (Phi) is 7.86. The first kappa shape index (κ1) is 28.6. The second kappa shape index (κ2) is 11.0. The van der Waals surface area contributed by atoms with Gasteiger partial charge in [-0.25, -0.2) is 14.3 Å². The number of esters is 1. The van der Waals surface area contributed by atoms with E-state index >= 15 is 0 Å². The number of nitrogens with zero attached hydrogens (tertiary/aromatic N) is 3. The van der Waals surface area contributed by atoms with Crippen molar-refractivity contribution in [2.45, 2.75) is 40.8 Å². The summed E-state index contributed by atoms with van der Waals surface area (Å²) in [7, 11) is 0. The van der Waals surface area contributed by atoms with E-state index in [4.69, 9.17) is 9.47 Å². The number of ether oxygens (including phenoxy) is 2. The highest BCUT2D eigenvalue weighted by molar-refractivity contribution is 5.95. The molecule has 11 heteroatoms.